The van der Waals surface area contributed by atoms with Gasteiger partial charge in [-0.15, -0.1) is 11.3 Å². The Morgan fingerprint density at radius 3 is 2.52 bits per heavy atom. The van der Waals surface area contributed by atoms with Gasteiger partial charge in [0.1, 0.15) is 5.01 Å². The van der Waals surface area contributed by atoms with E-state index in [1.54, 1.807) is 0 Å². The fourth-order valence-electron chi connectivity index (χ4n) is 3.43. The van der Waals surface area contributed by atoms with Crippen LogP contribution in [0.2, 0.25) is 0 Å². The second kappa shape index (κ2) is 6.76. The normalized spacial score (nSPS) is 24.4. The van der Waals surface area contributed by atoms with Crippen LogP contribution in [0.3, 0.4) is 0 Å². The third kappa shape index (κ3) is 3.49. The summed E-state index contributed by atoms with van der Waals surface area (Å²) >= 11 is 1.81. The molecule has 2 atom stereocenters. The topological polar surface area (TPSA) is 28.2 Å². The van der Waals surface area contributed by atoms with E-state index in [0.717, 1.165) is 18.8 Å². The summed E-state index contributed by atoms with van der Waals surface area (Å²) in [6.07, 6.45) is 2.38. The molecule has 2 rings (SSSR count). The van der Waals surface area contributed by atoms with Crippen LogP contribution in [0.5, 0.6) is 0 Å². The van der Waals surface area contributed by atoms with Crippen molar-refractivity contribution in [2.24, 2.45) is 5.92 Å². The molecular weight excluding hydrogens is 278 g/mol. The second-order valence-corrected chi connectivity index (χ2v) is 7.74. The number of piperazine rings is 1. The van der Waals surface area contributed by atoms with E-state index < -0.39 is 0 Å². The number of nitrogens with one attached hydrogen (secondary N) is 1. The minimum Gasteiger partial charge on any atom is -0.308 e. The summed E-state index contributed by atoms with van der Waals surface area (Å²) < 4.78 is 0. The van der Waals surface area contributed by atoms with E-state index in [0.29, 0.717) is 18.0 Å². The zero-order chi connectivity index (χ0) is 15.6. The van der Waals surface area contributed by atoms with Crippen LogP contribution in [0.4, 0.5) is 0 Å². The maximum Gasteiger partial charge on any atom is 0.110 e. The molecule has 0 amide bonds. The number of hydrogen-bond acceptors (Lipinski definition) is 4. The first kappa shape index (κ1) is 16.9. The van der Waals surface area contributed by atoms with Gasteiger partial charge in [0, 0.05) is 35.7 Å². The molecule has 21 heavy (non-hydrogen) atoms. The van der Waals surface area contributed by atoms with Gasteiger partial charge in [-0.1, -0.05) is 27.7 Å². The van der Waals surface area contributed by atoms with E-state index in [4.69, 9.17) is 4.98 Å². The fourth-order valence-corrected chi connectivity index (χ4v) is 4.31. The molecule has 1 aliphatic rings. The Balaban J connectivity index is 2.25. The minimum atomic E-state index is 0.270. The van der Waals surface area contributed by atoms with Gasteiger partial charge in [0.25, 0.3) is 0 Å². The molecule has 4 heteroatoms. The summed E-state index contributed by atoms with van der Waals surface area (Å²) in [5, 5.41) is 7.28. The first-order valence-corrected chi connectivity index (χ1v) is 9.23. The van der Waals surface area contributed by atoms with Crippen molar-refractivity contribution in [3.05, 3.63) is 16.1 Å². The van der Waals surface area contributed by atoms with Gasteiger partial charge in [0.05, 0.1) is 6.04 Å². The Hall–Kier alpha value is -0.450. The van der Waals surface area contributed by atoms with Crippen LogP contribution in [0, 0.1) is 12.8 Å². The van der Waals surface area contributed by atoms with E-state index in [-0.39, 0.29) is 5.54 Å². The molecule has 120 valence electrons. The van der Waals surface area contributed by atoms with E-state index in [1.165, 1.54) is 17.8 Å². The molecule has 0 spiro atoms. The van der Waals surface area contributed by atoms with Crippen LogP contribution in [0.25, 0.3) is 0 Å². The van der Waals surface area contributed by atoms with Gasteiger partial charge in [0.15, 0.2) is 0 Å². The molecule has 0 bridgehead atoms. The molecule has 2 unspecified atom stereocenters. The SMILES string of the molecule is CCC1(CC)CN(C(C)c2nc(C)cs2)C(C(C)C)CN1. The fraction of sp³-hybridized carbons (Fsp3) is 0.824. The molecule has 0 aliphatic carbocycles. The van der Waals surface area contributed by atoms with Crippen molar-refractivity contribution in [2.45, 2.75) is 72.0 Å². The number of rotatable bonds is 5. The molecule has 2 heterocycles. The number of aryl methyl sites for hydroxylation is 1. The van der Waals surface area contributed by atoms with Gasteiger partial charge in [-0.3, -0.25) is 4.90 Å². The van der Waals surface area contributed by atoms with Crippen LogP contribution in [0.15, 0.2) is 5.38 Å². The maximum atomic E-state index is 4.74. The first-order valence-electron chi connectivity index (χ1n) is 8.35. The average molecular weight is 310 g/mol. The Labute approximate surface area is 134 Å². The zero-order valence-corrected chi connectivity index (χ0v) is 15.3. The Morgan fingerprint density at radius 1 is 1.38 bits per heavy atom. The van der Waals surface area contributed by atoms with Crippen LogP contribution < -0.4 is 5.32 Å². The van der Waals surface area contributed by atoms with Gasteiger partial charge < -0.3 is 5.32 Å². The standard InChI is InChI=1S/C17H31N3S/c1-7-17(8-2)11-20(15(9-18-17)12(3)4)14(6)16-19-13(5)10-21-16/h10,12,14-15,18H,7-9,11H2,1-6H3. The molecule has 3 nitrogen and oxygen atoms in total. The predicted molar refractivity (Wildman–Crippen MR) is 91.9 cm³/mol. The van der Waals surface area contributed by atoms with Crippen LogP contribution >= 0.6 is 11.3 Å². The van der Waals surface area contributed by atoms with Crippen molar-refractivity contribution in [3.63, 3.8) is 0 Å². The summed E-state index contributed by atoms with van der Waals surface area (Å²) in [5.41, 5.74) is 1.42. The van der Waals surface area contributed by atoms with Gasteiger partial charge in [0.2, 0.25) is 0 Å². The summed E-state index contributed by atoms with van der Waals surface area (Å²) in [6, 6.07) is 1.01. The molecular formula is C17H31N3S. The lowest BCUT2D eigenvalue weighted by molar-refractivity contribution is 0.0213. The van der Waals surface area contributed by atoms with Crippen molar-refractivity contribution in [1.29, 1.82) is 0 Å². The lowest BCUT2D eigenvalue weighted by Gasteiger charge is -2.50. The average Bonchev–Trinajstić information content (AvgIpc) is 2.92. The lowest BCUT2D eigenvalue weighted by atomic mass is 9.85. The van der Waals surface area contributed by atoms with Crippen molar-refractivity contribution in [2.75, 3.05) is 13.1 Å². The van der Waals surface area contributed by atoms with Crippen molar-refractivity contribution < 1.29 is 0 Å². The quantitative estimate of drug-likeness (QED) is 0.891. The van der Waals surface area contributed by atoms with Crippen LogP contribution in [-0.4, -0.2) is 34.6 Å². The second-order valence-electron chi connectivity index (χ2n) is 6.86. The third-order valence-electron chi connectivity index (χ3n) is 5.21. The summed E-state index contributed by atoms with van der Waals surface area (Å²) in [7, 11) is 0. The van der Waals surface area contributed by atoms with E-state index in [2.05, 4.69) is 57.1 Å². The van der Waals surface area contributed by atoms with Gasteiger partial charge in [-0.05, 0) is 32.6 Å². The van der Waals surface area contributed by atoms with E-state index in [9.17, 15) is 0 Å². The zero-order valence-electron chi connectivity index (χ0n) is 14.4. The highest BCUT2D eigenvalue weighted by molar-refractivity contribution is 7.09. The highest BCUT2D eigenvalue weighted by Crippen LogP contribution is 2.33. The number of aromatic nitrogens is 1. The smallest absolute Gasteiger partial charge is 0.110 e. The highest BCUT2D eigenvalue weighted by atomic mass is 32.1. The van der Waals surface area contributed by atoms with E-state index >= 15 is 0 Å². The summed E-state index contributed by atoms with van der Waals surface area (Å²) in [5.74, 6) is 0.660. The van der Waals surface area contributed by atoms with Crippen molar-refractivity contribution in [1.82, 2.24) is 15.2 Å². The highest BCUT2D eigenvalue weighted by Gasteiger charge is 2.40. The largest absolute Gasteiger partial charge is 0.308 e. The van der Waals surface area contributed by atoms with E-state index in [1.807, 2.05) is 11.3 Å². The molecule has 1 aromatic heterocycles. The molecule has 1 aromatic rings. The Bertz CT molecular complexity index is 451. The molecule has 1 fully saturated rings. The van der Waals surface area contributed by atoms with Gasteiger partial charge >= 0.3 is 0 Å². The Morgan fingerprint density at radius 2 is 2.05 bits per heavy atom. The molecule has 0 aromatic carbocycles. The maximum absolute atomic E-state index is 4.74. The van der Waals surface area contributed by atoms with Crippen molar-refractivity contribution >= 4 is 11.3 Å². The first-order chi connectivity index (χ1) is 9.92. The Kier molecular flexibility index (Phi) is 5.44. The molecule has 0 saturated carbocycles. The predicted octanol–water partition coefficient (Wildman–Crippen LogP) is 4.00. The molecule has 1 aliphatic heterocycles. The minimum absolute atomic E-state index is 0.270. The van der Waals surface area contributed by atoms with Gasteiger partial charge in [-0.2, -0.15) is 0 Å². The summed E-state index contributed by atoms with van der Waals surface area (Å²) in [6.45, 7) is 15.9. The number of nitrogens with zero attached hydrogens (tertiary/aromatic N) is 2. The molecule has 1 N–H and O–H groups in total. The lowest BCUT2D eigenvalue weighted by Crippen LogP contribution is -2.65. The monoisotopic (exact) mass is 309 g/mol. The summed E-state index contributed by atoms with van der Waals surface area (Å²) in [4.78, 5) is 7.44. The molecule has 0 radical (unpaired) electrons. The van der Waals surface area contributed by atoms with Gasteiger partial charge in [-0.25, -0.2) is 4.98 Å². The number of hydrogen-bond donors (Lipinski definition) is 1. The van der Waals surface area contributed by atoms with Crippen molar-refractivity contribution in [3.8, 4) is 0 Å². The van der Waals surface area contributed by atoms with Crippen LogP contribution in [0.1, 0.15) is 64.2 Å². The number of thiazole rings is 1. The third-order valence-corrected chi connectivity index (χ3v) is 6.35. The molecule has 1 saturated heterocycles. The van der Waals surface area contributed by atoms with Crippen LogP contribution in [-0.2, 0) is 0 Å².